The van der Waals surface area contributed by atoms with Crippen molar-refractivity contribution in [2.75, 3.05) is 0 Å². The molecule has 0 spiro atoms. The molecule has 33 heavy (non-hydrogen) atoms. The predicted octanol–water partition coefficient (Wildman–Crippen LogP) is 9.29. The largest absolute Gasteiger partial charge is 0.456 e. The van der Waals surface area contributed by atoms with Crippen molar-refractivity contribution in [2.45, 2.75) is 109 Å². The number of rotatable bonds is 12. The Bertz CT molecular complexity index is 718. The lowest BCUT2D eigenvalue weighted by molar-refractivity contribution is 0.184. The van der Waals surface area contributed by atoms with Crippen molar-refractivity contribution in [3.63, 3.8) is 0 Å². The topological polar surface area (TPSA) is 9.23 Å². The molecule has 1 aromatic carbocycles. The standard InChI is InChI=1S/C28H43F3OSi/c1-2-3-6-17-33-18-15-25(16-19-33)24-12-9-22(10-13-24)7-4-5-8-23-11-14-27(26(29)20-23)32-21-28(30)31/h11,14,20-22,24-25,33H,2-10,12-13,15-19H2,1H3. The van der Waals surface area contributed by atoms with Crippen molar-refractivity contribution in [1.29, 1.82) is 0 Å². The second-order valence-corrected chi connectivity index (χ2v) is 14.1. The van der Waals surface area contributed by atoms with E-state index in [2.05, 4.69) is 11.7 Å². The van der Waals surface area contributed by atoms with E-state index in [1.165, 1.54) is 82.8 Å². The monoisotopic (exact) mass is 480 g/mol. The molecule has 0 bridgehead atoms. The fraction of sp³-hybridized carbons (Fsp3) is 0.714. The molecule has 1 saturated carbocycles. The number of unbranched alkanes of at least 4 members (excludes halogenated alkanes) is 3. The molecule has 0 aromatic heterocycles. The maximum absolute atomic E-state index is 14.0. The van der Waals surface area contributed by atoms with Crippen molar-refractivity contribution in [3.05, 3.63) is 41.9 Å². The summed E-state index contributed by atoms with van der Waals surface area (Å²) in [6.45, 7) is 2.31. The molecule has 1 saturated heterocycles. The van der Waals surface area contributed by atoms with Crippen molar-refractivity contribution >= 4 is 8.80 Å². The summed E-state index contributed by atoms with van der Waals surface area (Å²) < 4.78 is 42.8. The molecule has 0 atom stereocenters. The number of ether oxygens (including phenoxy) is 1. The molecule has 0 unspecified atom stereocenters. The van der Waals surface area contributed by atoms with Crippen LogP contribution in [0.1, 0.15) is 89.5 Å². The molecule has 0 amide bonds. The van der Waals surface area contributed by atoms with E-state index in [9.17, 15) is 13.2 Å². The van der Waals surface area contributed by atoms with Gasteiger partial charge in [-0.05, 0) is 61.1 Å². The van der Waals surface area contributed by atoms with Crippen LogP contribution >= 0.6 is 0 Å². The number of halogens is 3. The smallest absolute Gasteiger partial charge is 0.305 e. The number of hydrogen-bond acceptors (Lipinski definition) is 1. The summed E-state index contributed by atoms with van der Waals surface area (Å²) in [5, 5.41) is 0. The van der Waals surface area contributed by atoms with Gasteiger partial charge in [0.15, 0.2) is 17.8 Å². The van der Waals surface area contributed by atoms with E-state index < -0.39 is 11.9 Å². The summed E-state index contributed by atoms with van der Waals surface area (Å²) in [5.74, 6) is 2.16. The summed E-state index contributed by atoms with van der Waals surface area (Å²) in [6, 6.07) is 9.46. The Morgan fingerprint density at radius 2 is 1.70 bits per heavy atom. The average Bonchev–Trinajstić information content (AvgIpc) is 2.82. The van der Waals surface area contributed by atoms with E-state index in [0.29, 0.717) is 0 Å². The zero-order chi connectivity index (χ0) is 23.5. The third kappa shape index (κ3) is 9.14. The van der Waals surface area contributed by atoms with Crippen LogP contribution in [0.25, 0.3) is 0 Å². The van der Waals surface area contributed by atoms with Crippen LogP contribution in [0.3, 0.4) is 0 Å². The number of aryl methyl sites for hydroxylation is 1. The van der Waals surface area contributed by atoms with Crippen LogP contribution in [-0.4, -0.2) is 8.80 Å². The molecule has 0 N–H and O–H groups in total. The lowest BCUT2D eigenvalue weighted by atomic mass is 9.73. The number of benzene rings is 1. The van der Waals surface area contributed by atoms with Gasteiger partial charge >= 0.3 is 6.08 Å². The second kappa shape index (κ2) is 14.2. The fourth-order valence-corrected chi connectivity index (χ4v) is 9.78. The summed E-state index contributed by atoms with van der Waals surface area (Å²) in [5.41, 5.74) is 0.905. The number of hydrogen-bond donors (Lipinski definition) is 0. The van der Waals surface area contributed by atoms with Gasteiger partial charge in [-0.3, -0.25) is 0 Å². The van der Waals surface area contributed by atoms with E-state index in [1.807, 2.05) is 0 Å². The Hall–Kier alpha value is -1.23. The average molecular weight is 481 g/mol. The molecule has 0 radical (unpaired) electrons. The van der Waals surface area contributed by atoms with E-state index in [0.717, 1.165) is 36.2 Å². The molecule has 186 valence electrons. The highest BCUT2D eigenvalue weighted by molar-refractivity contribution is 6.58. The van der Waals surface area contributed by atoms with Gasteiger partial charge in [0.05, 0.1) is 0 Å². The van der Waals surface area contributed by atoms with Gasteiger partial charge in [0, 0.05) is 8.80 Å². The quantitative estimate of drug-likeness (QED) is 0.164. The predicted molar refractivity (Wildman–Crippen MR) is 134 cm³/mol. The summed E-state index contributed by atoms with van der Waals surface area (Å²) in [7, 11) is -0.386. The molecule has 1 aliphatic carbocycles. The Balaban J connectivity index is 1.28. The van der Waals surface area contributed by atoms with Crippen LogP contribution in [0.4, 0.5) is 13.2 Å². The van der Waals surface area contributed by atoms with Crippen LogP contribution < -0.4 is 4.74 Å². The fourth-order valence-electron chi connectivity index (χ4n) is 6.25. The van der Waals surface area contributed by atoms with E-state index in [-0.39, 0.29) is 20.8 Å². The molecule has 2 aliphatic rings. The Morgan fingerprint density at radius 1 is 0.970 bits per heavy atom. The lowest BCUT2D eigenvalue weighted by Gasteiger charge is -2.37. The van der Waals surface area contributed by atoms with Crippen LogP contribution in [0.5, 0.6) is 5.75 Å². The first kappa shape index (κ1) is 26.4. The third-order valence-corrected chi connectivity index (χ3v) is 11.8. The normalized spacial score (nSPS) is 25.6. The highest BCUT2D eigenvalue weighted by Crippen LogP contribution is 2.42. The zero-order valence-electron chi connectivity index (χ0n) is 20.5. The highest BCUT2D eigenvalue weighted by atomic mass is 28.3. The van der Waals surface area contributed by atoms with E-state index >= 15 is 0 Å². The van der Waals surface area contributed by atoms with Crippen molar-refractivity contribution in [1.82, 2.24) is 0 Å². The zero-order valence-corrected chi connectivity index (χ0v) is 21.6. The minimum atomic E-state index is -1.97. The molecule has 5 heteroatoms. The van der Waals surface area contributed by atoms with E-state index in [1.54, 1.807) is 24.2 Å². The minimum Gasteiger partial charge on any atom is -0.456 e. The van der Waals surface area contributed by atoms with Gasteiger partial charge in [0.2, 0.25) is 0 Å². The van der Waals surface area contributed by atoms with Crippen molar-refractivity contribution in [2.24, 2.45) is 17.8 Å². The molecule has 3 rings (SSSR count). The molecular formula is C28H43F3OSi. The van der Waals surface area contributed by atoms with Gasteiger partial charge in [-0.1, -0.05) is 88.9 Å². The molecule has 2 fully saturated rings. The SMILES string of the molecule is CCCCC[SiH]1CCC(C2CCC(CCCCc3ccc(OC=C(F)F)c(F)c3)CC2)CC1. The van der Waals surface area contributed by atoms with Crippen molar-refractivity contribution < 1.29 is 17.9 Å². The maximum Gasteiger partial charge on any atom is 0.305 e. The lowest BCUT2D eigenvalue weighted by Crippen LogP contribution is -2.28. The van der Waals surface area contributed by atoms with Crippen LogP contribution in [0.15, 0.2) is 30.5 Å². The highest BCUT2D eigenvalue weighted by Gasteiger charge is 2.30. The van der Waals surface area contributed by atoms with Crippen LogP contribution in [0.2, 0.25) is 18.1 Å². The first-order valence-corrected chi connectivity index (χ1v) is 16.0. The van der Waals surface area contributed by atoms with Gasteiger partial charge in [-0.15, -0.1) is 0 Å². The Morgan fingerprint density at radius 3 is 2.36 bits per heavy atom. The van der Waals surface area contributed by atoms with E-state index in [4.69, 9.17) is 0 Å². The summed E-state index contributed by atoms with van der Waals surface area (Å²) >= 11 is 0. The first-order valence-electron chi connectivity index (χ1n) is 13.5. The van der Waals surface area contributed by atoms with Crippen LogP contribution in [-0.2, 0) is 6.42 Å². The molecular weight excluding hydrogens is 437 g/mol. The Labute approximate surface area is 200 Å². The molecule has 1 heterocycles. The van der Waals surface area contributed by atoms with Gasteiger partial charge in [-0.2, -0.15) is 8.78 Å². The van der Waals surface area contributed by atoms with Crippen LogP contribution in [0, 0.1) is 23.6 Å². The minimum absolute atomic E-state index is 0.157. The summed E-state index contributed by atoms with van der Waals surface area (Å²) in [6.07, 6.45) is 15.7. The summed E-state index contributed by atoms with van der Waals surface area (Å²) in [4.78, 5) is 0. The van der Waals surface area contributed by atoms with Crippen molar-refractivity contribution in [3.8, 4) is 5.75 Å². The Kier molecular flexibility index (Phi) is 11.4. The molecule has 1 aromatic rings. The first-order chi connectivity index (χ1) is 16.0. The van der Waals surface area contributed by atoms with Gasteiger partial charge < -0.3 is 4.74 Å². The van der Waals surface area contributed by atoms with Gasteiger partial charge in [0.25, 0.3) is 0 Å². The van der Waals surface area contributed by atoms with Gasteiger partial charge in [-0.25, -0.2) is 4.39 Å². The maximum atomic E-state index is 14.0. The van der Waals surface area contributed by atoms with Gasteiger partial charge in [0.1, 0.15) is 0 Å². The second-order valence-electron chi connectivity index (χ2n) is 10.6. The molecule has 1 aliphatic heterocycles. The third-order valence-electron chi connectivity index (χ3n) is 8.26. The molecule has 1 nitrogen and oxygen atoms in total.